The van der Waals surface area contributed by atoms with Gasteiger partial charge < -0.3 is 14.8 Å². The summed E-state index contributed by atoms with van der Waals surface area (Å²) in [6, 6.07) is 1.37. The van der Waals surface area contributed by atoms with Gasteiger partial charge in [-0.15, -0.1) is 13.2 Å². The zero-order valence-corrected chi connectivity index (χ0v) is 10.3. The van der Waals surface area contributed by atoms with E-state index < -0.39 is 39.9 Å². The van der Waals surface area contributed by atoms with Crippen LogP contribution in [-0.4, -0.2) is 30.8 Å². The van der Waals surface area contributed by atoms with Crippen LogP contribution in [0.4, 0.5) is 24.5 Å². The molecule has 1 aromatic rings. The Balaban J connectivity index is 3.56. The summed E-state index contributed by atoms with van der Waals surface area (Å²) in [6.45, 7) is 0. The number of hydrogen-bond acceptors (Lipinski definition) is 6. The maximum Gasteiger partial charge on any atom is 0.573 e. The molecule has 0 atom stereocenters. The van der Waals surface area contributed by atoms with Crippen molar-refractivity contribution >= 4 is 23.8 Å². The molecule has 1 amide bonds. The van der Waals surface area contributed by atoms with Crippen molar-refractivity contribution in [3.05, 3.63) is 27.8 Å². The van der Waals surface area contributed by atoms with Crippen LogP contribution in [0.3, 0.4) is 0 Å². The lowest BCUT2D eigenvalue weighted by atomic mass is 10.1. The number of amides is 1. The van der Waals surface area contributed by atoms with E-state index >= 15 is 0 Å². The van der Waals surface area contributed by atoms with Gasteiger partial charge in [-0.1, -0.05) is 0 Å². The molecule has 0 unspecified atom stereocenters. The van der Waals surface area contributed by atoms with Crippen LogP contribution in [0.1, 0.15) is 10.4 Å². The van der Waals surface area contributed by atoms with Crippen LogP contribution >= 0.6 is 0 Å². The third-order valence-corrected chi connectivity index (χ3v) is 2.16. The Morgan fingerprint density at radius 2 is 2.05 bits per heavy atom. The highest BCUT2D eigenvalue weighted by atomic mass is 19.4. The number of carbonyl (C=O) groups excluding carboxylic acids is 2. The molecule has 11 heteroatoms. The molecule has 0 bridgehead atoms. The molecule has 1 N–H and O–H groups in total. The molecule has 1 rings (SSSR count). The molecule has 0 saturated carbocycles. The van der Waals surface area contributed by atoms with E-state index in [2.05, 4.69) is 9.47 Å². The van der Waals surface area contributed by atoms with E-state index in [0.717, 1.165) is 13.2 Å². The van der Waals surface area contributed by atoms with Crippen LogP contribution < -0.4 is 10.1 Å². The summed E-state index contributed by atoms with van der Waals surface area (Å²) in [5, 5.41) is 12.7. The SMILES string of the molecule is COC(=O)c1ccc(OC(F)(F)F)c([N+](=O)[O-])c1NC=O. The number of ether oxygens (including phenoxy) is 2. The molecule has 0 saturated heterocycles. The number of nitro groups is 1. The number of nitro benzene ring substituents is 1. The Morgan fingerprint density at radius 3 is 2.48 bits per heavy atom. The first-order valence-corrected chi connectivity index (χ1v) is 5.07. The van der Waals surface area contributed by atoms with Crippen molar-refractivity contribution in [2.45, 2.75) is 6.36 Å². The van der Waals surface area contributed by atoms with Gasteiger partial charge in [-0.3, -0.25) is 14.9 Å². The standard InChI is InChI=1S/C10H7F3N2O6/c1-20-9(17)5-2-3-6(21-10(11,12)13)8(15(18)19)7(5)14-4-16/h2-4H,1H3,(H,14,16). The zero-order valence-electron chi connectivity index (χ0n) is 10.3. The predicted octanol–water partition coefficient (Wildman–Crippen LogP) is 1.85. The van der Waals surface area contributed by atoms with Gasteiger partial charge in [0.15, 0.2) is 0 Å². The van der Waals surface area contributed by atoms with E-state index in [0.29, 0.717) is 6.07 Å². The van der Waals surface area contributed by atoms with Crippen molar-refractivity contribution in [1.29, 1.82) is 0 Å². The first kappa shape index (κ1) is 16.2. The Morgan fingerprint density at radius 1 is 1.43 bits per heavy atom. The van der Waals surface area contributed by atoms with E-state index in [9.17, 15) is 32.9 Å². The molecule has 0 aliphatic rings. The Kier molecular flexibility index (Phi) is 4.68. The topological polar surface area (TPSA) is 108 Å². The monoisotopic (exact) mass is 308 g/mol. The second-order valence-corrected chi connectivity index (χ2v) is 3.39. The number of alkyl halides is 3. The third kappa shape index (κ3) is 3.81. The molecule has 1 aromatic carbocycles. The van der Waals surface area contributed by atoms with Crippen LogP contribution in [0.5, 0.6) is 5.75 Å². The van der Waals surface area contributed by atoms with Crippen molar-refractivity contribution in [3.8, 4) is 5.75 Å². The van der Waals surface area contributed by atoms with Crippen LogP contribution in [-0.2, 0) is 9.53 Å². The number of carbonyl (C=O) groups is 2. The number of rotatable bonds is 5. The van der Waals surface area contributed by atoms with Crippen LogP contribution in [0.15, 0.2) is 12.1 Å². The molecule has 0 spiro atoms. The lowest BCUT2D eigenvalue weighted by molar-refractivity contribution is -0.387. The second kappa shape index (κ2) is 6.07. The zero-order chi connectivity index (χ0) is 16.2. The van der Waals surface area contributed by atoms with Crippen LogP contribution in [0, 0.1) is 10.1 Å². The van der Waals surface area contributed by atoms with Crippen molar-refractivity contribution < 1.29 is 37.2 Å². The summed E-state index contributed by atoms with van der Waals surface area (Å²) < 4.78 is 44.4. The normalized spacial score (nSPS) is 10.7. The van der Waals surface area contributed by atoms with Crippen molar-refractivity contribution in [3.63, 3.8) is 0 Å². The molecule has 114 valence electrons. The van der Waals surface area contributed by atoms with E-state index in [4.69, 9.17) is 0 Å². The molecule has 0 radical (unpaired) electrons. The van der Waals surface area contributed by atoms with Gasteiger partial charge in [-0.05, 0) is 12.1 Å². The Hall–Kier alpha value is -2.85. The predicted molar refractivity (Wildman–Crippen MR) is 60.8 cm³/mol. The van der Waals surface area contributed by atoms with E-state index in [-0.39, 0.29) is 6.41 Å². The van der Waals surface area contributed by atoms with Gasteiger partial charge in [-0.25, -0.2) is 4.79 Å². The van der Waals surface area contributed by atoms with Crippen molar-refractivity contribution in [2.24, 2.45) is 0 Å². The largest absolute Gasteiger partial charge is 0.573 e. The fraction of sp³-hybridized carbons (Fsp3) is 0.200. The molecule has 21 heavy (non-hydrogen) atoms. The fourth-order valence-electron chi connectivity index (χ4n) is 1.45. The maximum atomic E-state index is 12.2. The Labute approximate surface area is 114 Å². The minimum absolute atomic E-state index is 0.0356. The fourth-order valence-corrected chi connectivity index (χ4v) is 1.45. The van der Waals surface area contributed by atoms with Gasteiger partial charge in [-0.2, -0.15) is 0 Å². The van der Waals surface area contributed by atoms with Crippen LogP contribution in [0.25, 0.3) is 0 Å². The van der Waals surface area contributed by atoms with Gasteiger partial charge in [0.2, 0.25) is 12.2 Å². The van der Waals surface area contributed by atoms with Crippen LogP contribution in [0.2, 0.25) is 0 Å². The minimum Gasteiger partial charge on any atom is -0.465 e. The van der Waals surface area contributed by atoms with Gasteiger partial charge in [0.05, 0.1) is 17.6 Å². The number of hydrogen-bond donors (Lipinski definition) is 1. The molecule has 0 heterocycles. The number of nitrogens with zero attached hydrogens (tertiary/aromatic N) is 1. The summed E-state index contributed by atoms with van der Waals surface area (Å²) >= 11 is 0. The molecule has 0 aromatic heterocycles. The number of benzene rings is 1. The van der Waals surface area contributed by atoms with Gasteiger partial charge in [0, 0.05) is 0 Å². The summed E-state index contributed by atoms with van der Waals surface area (Å²) in [5.74, 6) is -2.26. The molecule has 0 aliphatic carbocycles. The number of anilines is 1. The first-order valence-electron chi connectivity index (χ1n) is 5.07. The molecule has 0 fully saturated rings. The minimum atomic E-state index is -5.18. The second-order valence-electron chi connectivity index (χ2n) is 3.39. The van der Waals surface area contributed by atoms with Gasteiger partial charge in [0.25, 0.3) is 0 Å². The summed E-state index contributed by atoms with van der Waals surface area (Å²) in [6.07, 6.45) is -5.22. The van der Waals surface area contributed by atoms with Crippen molar-refractivity contribution in [1.82, 2.24) is 0 Å². The van der Waals surface area contributed by atoms with Gasteiger partial charge in [0.1, 0.15) is 5.69 Å². The quantitative estimate of drug-likeness (QED) is 0.385. The smallest absolute Gasteiger partial charge is 0.465 e. The highest BCUT2D eigenvalue weighted by Gasteiger charge is 2.37. The van der Waals surface area contributed by atoms with E-state index in [1.165, 1.54) is 0 Å². The number of nitrogens with one attached hydrogen (secondary N) is 1. The molecular formula is C10H7F3N2O6. The Bertz CT molecular complexity index is 587. The third-order valence-electron chi connectivity index (χ3n) is 2.16. The molecular weight excluding hydrogens is 301 g/mol. The first-order chi connectivity index (χ1) is 9.71. The summed E-state index contributed by atoms with van der Waals surface area (Å²) in [7, 11) is 0.957. The lowest BCUT2D eigenvalue weighted by Crippen LogP contribution is -2.19. The summed E-state index contributed by atoms with van der Waals surface area (Å²) in [5.41, 5.74) is -2.48. The molecule has 8 nitrogen and oxygen atoms in total. The highest BCUT2D eigenvalue weighted by molar-refractivity contribution is 6.01. The number of halogens is 3. The maximum absolute atomic E-state index is 12.2. The average molecular weight is 308 g/mol. The van der Waals surface area contributed by atoms with E-state index in [1.54, 1.807) is 5.32 Å². The van der Waals surface area contributed by atoms with E-state index in [1.807, 2.05) is 0 Å². The van der Waals surface area contributed by atoms with Crippen molar-refractivity contribution in [2.75, 3.05) is 12.4 Å². The lowest BCUT2D eigenvalue weighted by Gasteiger charge is -2.13. The number of methoxy groups -OCH3 is 1. The average Bonchev–Trinajstić information content (AvgIpc) is 2.36. The molecule has 0 aliphatic heterocycles. The highest BCUT2D eigenvalue weighted by Crippen LogP contribution is 2.40. The summed E-state index contributed by atoms with van der Waals surface area (Å²) in [4.78, 5) is 31.6. The number of esters is 1. The van der Waals surface area contributed by atoms with Gasteiger partial charge >= 0.3 is 18.0 Å².